The average molecular weight is 355 g/mol. The summed E-state index contributed by atoms with van der Waals surface area (Å²) in [6, 6.07) is 12.7. The number of hydrogen-bond acceptors (Lipinski definition) is 6. The van der Waals surface area contributed by atoms with Crippen LogP contribution in [0.25, 0.3) is 6.08 Å². The lowest BCUT2D eigenvalue weighted by molar-refractivity contribution is -0.384. The normalized spacial score (nSPS) is 15.3. The Labute approximate surface area is 147 Å². The van der Waals surface area contributed by atoms with Gasteiger partial charge in [0.2, 0.25) is 0 Å². The van der Waals surface area contributed by atoms with Gasteiger partial charge in [0, 0.05) is 24.9 Å². The van der Waals surface area contributed by atoms with Gasteiger partial charge in [0.05, 0.1) is 9.83 Å². The van der Waals surface area contributed by atoms with E-state index in [9.17, 15) is 20.0 Å². The summed E-state index contributed by atoms with van der Waals surface area (Å²) < 4.78 is 0. The number of thioether (sulfide) groups is 1. The Hall–Kier alpha value is -3.13. The van der Waals surface area contributed by atoms with Gasteiger partial charge in [0.15, 0.2) is 5.84 Å². The number of phenols is 1. The van der Waals surface area contributed by atoms with Crippen LogP contribution in [0, 0.1) is 10.1 Å². The number of anilines is 1. The molecule has 0 saturated heterocycles. The molecule has 1 N–H and O–H groups in total. The fourth-order valence-corrected chi connectivity index (χ4v) is 3.11. The monoisotopic (exact) mass is 355 g/mol. The molecule has 3 rings (SSSR count). The SMILES string of the molecule is CN(C1=NC(=O)S/C1=C/c1cccc([N+](=O)[O-])c1)c1ccc(O)cc1. The predicted octanol–water partition coefficient (Wildman–Crippen LogP) is 4.04. The van der Waals surface area contributed by atoms with E-state index < -0.39 is 4.92 Å². The second kappa shape index (κ2) is 6.78. The molecule has 0 unspecified atom stereocenters. The molecule has 0 saturated carbocycles. The molecule has 1 aliphatic heterocycles. The Bertz CT molecular complexity index is 906. The summed E-state index contributed by atoms with van der Waals surface area (Å²) in [5, 5.41) is 19.9. The highest BCUT2D eigenvalue weighted by atomic mass is 32.2. The number of non-ortho nitro benzene ring substituents is 1. The van der Waals surface area contributed by atoms with E-state index in [0.717, 1.165) is 17.4 Å². The summed E-state index contributed by atoms with van der Waals surface area (Å²) >= 11 is 0.966. The molecule has 126 valence electrons. The van der Waals surface area contributed by atoms with Crippen molar-refractivity contribution in [1.82, 2.24) is 0 Å². The first kappa shape index (κ1) is 16.7. The van der Waals surface area contributed by atoms with Crippen molar-refractivity contribution < 1.29 is 14.8 Å². The van der Waals surface area contributed by atoms with Gasteiger partial charge in [-0.1, -0.05) is 12.1 Å². The van der Waals surface area contributed by atoms with Gasteiger partial charge in [0.1, 0.15) is 5.75 Å². The minimum Gasteiger partial charge on any atom is -0.508 e. The topological polar surface area (TPSA) is 96.0 Å². The van der Waals surface area contributed by atoms with Crippen LogP contribution in [-0.4, -0.2) is 28.2 Å². The number of aromatic hydroxyl groups is 1. The third-order valence-corrected chi connectivity index (χ3v) is 4.33. The number of phenolic OH excluding ortho intramolecular Hbond substituents is 1. The zero-order chi connectivity index (χ0) is 18.0. The Kier molecular flexibility index (Phi) is 4.53. The largest absolute Gasteiger partial charge is 0.508 e. The molecule has 0 atom stereocenters. The van der Waals surface area contributed by atoms with E-state index in [1.54, 1.807) is 54.4 Å². The van der Waals surface area contributed by atoms with Gasteiger partial charge < -0.3 is 10.0 Å². The number of rotatable bonds is 3. The first-order valence-electron chi connectivity index (χ1n) is 7.24. The van der Waals surface area contributed by atoms with Crippen LogP contribution in [0.2, 0.25) is 0 Å². The summed E-state index contributed by atoms with van der Waals surface area (Å²) in [4.78, 5) is 28.6. The maximum Gasteiger partial charge on any atom is 0.311 e. The molecule has 1 amide bonds. The Balaban J connectivity index is 1.94. The van der Waals surface area contributed by atoms with Crippen molar-refractivity contribution in [2.75, 3.05) is 11.9 Å². The number of hydrogen-bond donors (Lipinski definition) is 1. The van der Waals surface area contributed by atoms with Crippen molar-refractivity contribution in [2.45, 2.75) is 0 Å². The lowest BCUT2D eigenvalue weighted by Crippen LogP contribution is -2.25. The third-order valence-electron chi connectivity index (χ3n) is 3.55. The molecule has 0 fully saturated rings. The average Bonchev–Trinajstić information content (AvgIpc) is 2.95. The Morgan fingerprint density at radius 1 is 1.24 bits per heavy atom. The summed E-state index contributed by atoms with van der Waals surface area (Å²) in [5.41, 5.74) is 1.34. The number of amides is 1. The number of aliphatic imine (C=N–C) groups is 1. The van der Waals surface area contributed by atoms with E-state index in [1.807, 2.05) is 0 Å². The minimum absolute atomic E-state index is 0.0194. The maximum absolute atomic E-state index is 11.8. The van der Waals surface area contributed by atoms with Gasteiger partial charge >= 0.3 is 5.24 Å². The summed E-state index contributed by atoms with van der Waals surface area (Å²) in [7, 11) is 1.76. The van der Waals surface area contributed by atoms with Gasteiger partial charge in [-0.2, -0.15) is 4.99 Å². The zero-order valence-electron chi connectivity index (χ0n) is 13.1. The van der Waals surface area contributed by atoms with Crippen LogP contribution in [0.5, 0.6) is 5.75 Å². The number of likely N-dealkylation sites (N-methyl/N-ethyl adjacent to an activating group) is 1. The molecule has 25 heavy (non-hydrogen) atoms. The molecular weight excluding hydrogens is 342 g/mol. The second-order valence-corrected chi connectivity index (χ2v) is 6.23. The van der Waals surface area contributed by atoms with Gasteiger partial charge in [0.25, 0.3) is 5.69 Å². The quantitative estimate of drug-likeness (QED) is 0.659. The number of carbonyl (C=O) groups excluding carboxylic acids is 1. The number of amidine groups is 1. The Morgan fingerprint density at radius 3 is 2.64 bits per heavy atom. The molecule has 2 aromatic rings. The molecule has 7 nitrogen and oxygen atoms in total. The van der Waals surface area contributed by atoms with E-state index in [-0.39, 0.29) is 16.7 Å². The fraction of sp³-hybridized carbons (Fsp3) is 0.0588. The van der Waals surface area contributed by atoms with Crippen molar-refractivity contribution in [3.05, 3.63) is 69.1 Å². The van der Waals surface area contributed by atoms with E-state index in [2.05, 4.69) is 4.99 Å². The van der Waals surface area contributed by atoms with Gasteiger partial charge in [-0.25, -0.2) is 0 Å². The first-order chi connectivity index (χ1) is 11.9. The highest BCUT2D eigenvalue weighted by Gasteiger charge is 2.25. The molecule has 0 aromatic heterocycles. The van der Waals surface area contributed by atoms with Crippen LogP contribution < -0.4 is 4.90 Å². The van der Waals surface area contributed by atoms with Crippen molar-refractivity contribution in [2.24, 2.45) is 4.99 Å². The highest BCUT2D eigenvalue weighted by Crippen LogP contribution is 2.33. The van der Waals surface area contributed by atoms with Gasteiger partial charge in [-0.05, 0) is 47.7 Å². The van der Waals surface area contributed by atoms with E-state index in [4.69, 9.17) is 0 Å². The predicted molar refractivity (Wildman–Crippen MR) is 98.0 cm³/mol. The highest BCUT2D eigenvalue weighted by molar-refractivity contribution is 8.18. The van der Waals surface area contributed by atoms with E-state index in [1.165, 1.54) is 12.1 Å². The van der Waals surface area contributed by atoms with E-state index in [0.29, 0.717) is 16.3 Å². The van der Waals surface area contributed by atoms with Crippen molar-refractivity contribution in [1.29, 1.82) is 0 Å². The maximum atomic E-state index is 11.8. The number of nitrogens with zero attached hydrogens (tertiary/aromatic N) is 3. The number of nitro benzene ring substituents is 1. The second-order valence-electron chi connectivity index (χ2n) is 5.24. The zero-order valence-corrected chi connectivity index (χ0v) is 13.9. The summed E-state index contributed by atoms with van der Waals surface area (Å²) in [5.74, 6) is 0.593. The molecule has 8 heteroatoms. The van der Waals surface area contributed by atoms with Crippen LogP contribution in [0.15, 0.2) is 58.4 Å². The van der Waals surface area contributed by atoms with Crippen LogP contribution >= 0.6 is 11.8 Å². The van der Waals surface area contributed by atoms with E-state index >= 15 is 0 Å². The lowest BCUT2D eigenvalue weighted by Gasteiger charge is -2.19. The number of benzene rings is 2. The Morgan fingerprint density at radius 2 is 1.96 bits per heavy atom. The summed E-state index contributed by atoms with van der Waals surface area (Å²) in [6.45, 7) is 0. The van der Waals surface area contributed by atoms with Crippen LogP contribution in [0.4, 0.5) is 16.2 Å². The number of carbonyl (C=O) groups is 1. The lowest BCUT2D eigenvalue weighted by atomic mass is 10.2. The minimum atomic E-state index is -0.466. The molecule has 2 aromatic carbocycles. The van der Waals surface area contributed by atoms with Crippen molar-refractivity contribution >= 4 is 40.3 Å². The van der Waals surface area contributed by atoms with Crippen LogP contribution in [0.3, 0.4) is 0 Å². The third kappa shape index (κ3) is 3.69. The molecule has 0 spiro atoms. The van der Waals surface area contributed by atoms with Gasteiger partial charge in [-0.3, -0.25) is 14.9 Å². The van der Waals surface area contributed by atoms with Gasteiger partial charge in [-0.15, -0.1) is 0 Å². The molecule has 0 radical (unpaired) electrons. The van der Waals surface area contributed by atoms with Crippen LogP contribution in [0.1, 0.15) is 5.56 Å². The summed E-state index contributed by atoms with van der Waals surface area (Å²) in [6.07, 6.45) is 1.69. The smallest absolute Gasteiger partial charge is 0.311 e. The standard InChI is InChI=1S/C17H13N3O4S/c1-19(12-5-7-14(21)8-6-12)16-15(25-17(22)18-16)10-11-3-2-4-13(9-11)20(23)24/h2-10,21H,1H3/b15-10+. The van der Waals surface area contributed by atoms with Crippen LogP contribution in [-0.2, 0) is 0 Å². The van der Waals surface area contributed by atoms with Crippen molar-refractivity contribution in [3.63, 3.8) is 0 Å². The number of nitro groups is 1. The molecule has 0 bridgehead atoms. The fourth-order valence-electron chi connectivity index (χ4n) is 2.32. The molecule has 1 heterocycles. The molecular formula is C17H13N3O4S. The molecule has 0 aliphatic carbocycles. The first-order valence-corrected chi connectivity index (χ1v) is 8.05. The molecule has 1 aliphatic rings. The van der Waals surface area contributed by atoms with Crippen molar-refractivity contribution in [3.8, 4) is 5.75 Å².